The first kappa shape index (κ1) is 15.0. The van der Waals surface area contributed by atoms with Crippen LogP contribution >= 0.6 is 0 Å². The van der Waals surface area contributed by atoms with Crippen molar-refractivity contribution in [2.45, 2.75) is 20.8 Å². The van der Waals surface area contributed by atoms with Gasteiger partial charge >= 0.3 is 0 Å². The summed E-state index contributed by atoms with van der Waals surface area (Å²) in [5.74, 6) is 0.296. The van der Waals surface area contributed by atoms with Crippen molar-refractivity contribution in [2.24, 2.45) is 4.99 Å². The predicted molar refractivity (Wildman–Crippen MR) is 77.7 cm³/mol. The molecule has 102 valence electrons. The summed E-state index contributed by atoms with van der Waals surface area (Å²) in [4.78, 5) is 15.1. The molecule has 0 aromatic heterocycles. The normalized spacial score (nSPS) is 11.8. The minimum Gasteiger partial charge on any atom is -0.507 e. The number of benzene rings is 1. The van der Waals surface area contributed by atoms with Crippen molar-refractivity contribution in [3.63, 3.8) is 0 Å². The highest BCUT2D eigenvalue weighted by Crippen LogP contribution is 2.19. The van der Waals surface area contributed by atoms with E-state index in [-0.39, 0.29) is 11.5 Å². The monoisotopic (exact) mass is 260 g/mol. The minimum absolute atomic E-state index is 0.0261. The molecule has 0 radical (unpaired) electrons. The van der Waals surface area contributed by atoms with Crippen LogP contribution in [-0.4, -0.2) is 30.2 Å². The van der Waals surface area contributed by atoms with Crippen LogP contribution in [0.2, 0.25) is 0 Å². The molecule has 0 unspecified atom stereocenters. The van der Waals surface area contributed by atoms with Gasteiger partial charge in [0.2, 0.25) is 0 Å². The number of rotatable bonds is 6. The fraction of sp³-hybridized carbons (Fsp3) is 0.333. The Morgan fingerprint density at radius 3 is 2.84 bits per heavy atom. The molecule has 1 rings (SSSR count). The van der Waals surface area contributed by atoms with Gasteiger partial charge in [-0.1, -0.05) is 12.1 Å². The summed E-state index contributed by atoms with van der Waals surface area (Å²) < 4.78 is 0. The van der Waals surface area contributed by atoms with Crippen LogP contribution in [-0.2, 0) is 4.79 Å². The lowest BCUT2D eigenvalue weighted by atomic mass is 10.1. The van der Waals surface area contributed by atoms with Crippen LogP contribution < -0.4 is 5.32 Å². The highest BCUT2D eigenvalue weighted by Gasteiger charge is 1.99. The quantitative estimate of drug-likeness (QED) is 0.468. The van der Waals surface area contributed by atoms with Crippen molar-refractivity contribution >= 4 is 12.0 Å². The number of ketones is 1. The standard InChI is InChI=1S/C15H20N2O2/c1-11-5-4-6-14(15(11)19)10-16-7-8-17-12(2)9-13(3)18/h4-6,9-10,17,19H,7-8H2,1-3H3/b12-9+,16-10?. The number of hydrogen-bond donors (Lipinski definition) is 2. The zero-order chi connectivity index (χ0) is 14.3. The van der Waals surface area contributed by atoms with Gasteiger partial charge in [-0.05, 0) is 38.5 Å². The second kappa shape index (κ2) is 7.36. The molecular weight excluding hydrogens is 240 g/mol. The average molecular weight is 260 g/mol. The van der Waals surface area contributed by atoms with E-state index in [1.165, 1.54) is 6.92 Å². The van der Waals surface area contributed by atoms with Crippen LogP contribution in [0.15, 0.2) is 35.0 Å². The Bertz CT molecular complexity index is 505. The molecule has 0 aliphatic heterocycles. The summed E-state index contributed by atoms with van der Waals surface area (Å²) >= 11 is 0. The van der Waals surface area contributed by atoms with Gasteiger partial charge in [-0.3, -0.25) is 9.79 Å². The second-order valence-corrected chi connectivity index (χ2v) is 4.41. The average Bonchev–Trinajstić information content (AvgIpc) is 2.33. The van der Waals surface area contributed by atoms with Gasteiger partial charge in [0.15, 0.2) is 5.78 Å². The molecule has 1 aromatic rings. The summed E-state index contributed by atoms with van der Waals surface area (Å²) in [6, 6.07) is 5.55. The van der Waals surface area contributed by atoms with Gasteiger partial charge in [-0.2, -0.15) is 0 Å². The first-order valence-electron chi connectivity index (χ1n) is 6.22. The maximum atomic E-state index is 10.8. The Balaban J connectivity index is 2.43. The number of para-hydroxylation sites is 1. The van der Waals surface area contributed by atoms with Gasteiger partial charge < -0.3 is 10.4 Å². The number of allylic oxidation sites excluding steroid dienone is 2. The molecule has 0 aliphatic rings. The first-order valence-corrected chi connectivity index (χ1v) is 6.22. The van der Waals surface area contributed by atoms with E-state index in [1.54, 1.807) is 12.3 Å². The number of phenolic OH excluding ortho intramolecular Hbond substituents is 1. The molecule has 0 heterocycles. The van der Waals surface area contributed by atoms with Gasteiger partial charge in [-0.15, -0.1) is 0 Å². The number of hydrogen-bond acceptors (Lipinski definition) is 4. The molecule has 1 aromatic carbocycles. The largest absolute Gasteiger partial charge is 0.507 e. The van der Waals surface area contributed by atoms with E-state index >= 15 is 0 Å². The molecule has 0 atom stereocenters. The van der Waals surface area contributed by atoms with Crippen molar-refractivity contribution < 1.29 is 9.90 Å². The molecule has 0 aliphatic carbocycles. The third-order valence-corrected chi connectivity index (χ3v) is 2.56. The van der Waals surface area contributed by atoms with E-state index in [1.807, 2.05) is 32.0 Å². The molecule has 0 saturated carbocycles. The number of nitrogens with one attached hydrogen (secondary N) is 1. The molecule has 4 heteroatoms. The van der Waals surface area contributed by atoms with Crippen molar-refractivity contribution in [3.8, 4) is 5.75 Å². The Hall–Kier alpha value is -2.10. The lowest BCUT2D eigenvalue weighted by molar-refractivity contribution is -0.112. The van der Waals surface area contributed by atoms with E-state index in [0.717, 1.165) is 16.8 Å². The van der Waals surface area contributed by atoms with E-state index in [0.29, 0.717) is 13.1 Å². The molecular formula is C15H20N2O2. The fourth-order valence-electron chi connectivity index (χ4n) is 1.62. The SMILES string of the molecule is CC(=O)/C=C(\C)NCCN=Cc1cccc(C)c1O. The zero-order valence-electron chi connectivity index (χ0n) is 11.6. The van der Waals surface area contributed by atoms with E-state index in [4.69, 9.17) is 0 Å². The van der Waals surface area contributed by atoms with Crippen molar-refractivity contribution in [3.05, 3.63) is 41.1 Å². The van der Waals surface area contributed by atoms with Crippen LogP contribution in [0, 0.1) is 6.92 Å². The first-order chi connectivity index (χ1) is 9.00. The van der Waals surface area contributed by atoms with Gasteiger partial charge in [-0.25, -0.2) is 0 Å². The van der Waals surface area contributed by atoms with Crippen LogP contribution in [0.1, 0.15) is 25.0 Å². The number of carbonyl (C=O) groups is 1. The maximum absolute atomic E-state index is 10.8. The highest BCUT2D eigenvalue weighted by atomic mass is 16.3. The summed E-state index contributed by atoms with van der Waals surface area (Å²) in [5, 5.41) is 12.9. The summed E-state index contributed by atoms with van der Waals surface area (Å²) in [5.41, 5.74) is 2.39. The minimum atomic E-state index is 0.0261. The van der Waals surface area contributed by atoms with Gasteiger partial charge in [0.25, 0.3) is 0 Å². The van der Waals surface area contributed by atoms with Crippen LogP contribution in [0.5, 0.6) is 5.75 Å². The number of carbonyl (C=O) groups excluding carboxylic acids is 1. The van der Waals surface area contributed by atoms with Crippen molar-refractivity contribution in [2.75, 3.05) is 13.1 Å². The zero-order valence-corrected chi connectivity index (χ0v) is 11.6. The predicted octanol–water partition coefficient (Wildman–Crippen LogP) is 2.20. The molecule has 0 fully saturated rings. The summed E-state index contributed by atoms with van der Waals surface area (Å²) in [7, 11) is 0. The third kappa shape index (κ3) is 5.38. The van der Waals surface area contributed by atoms with Gasteiger partial charge in [0, 0.05) is 24.0 Å². The lowest BCUT2D eigenvalue weighted by Crippen LogP contribution is -2.16. The van der Waals surface area contributed by atoms with Crippen molar-refractivity contribution in [1.29, 1.82) is 0 Å². The van der Waals surface area contributed by atoms with Crippen LogP contribution in [0.4, 0.5) is 0 Å². The summed E-state index contributed by atoms with van der Waals surface area (Å²) in [6.07, 6.45) is 3.21. The molecule has 0 spiro atoms. The van der Waals surface area contributed by atoms with Crippen LogP contribution in [0.25, 0.3) is 0 Å². The molecule has 0 saturated heterocycles. The highest BCUT2D eigenvalue weighted by molar-refractivity contribution is 5.87. The fourth-order valence-corrected chi connectivity index (χ4v) is 1.62. The smallest absolute Gasteiger partial charge is 0.154 e. The Labute approximate surface area is 113 Å². The Morgan fingerprint density at radius 2 is 2.16 bits per heavy atom. The Kier molecular flexibility index (Phi) is 5.79. The van der Waals surface area contributed by atoms with E-state index < -0.39 is 0 Å². The lowest BCUT2D eigenvalue weighted by Gasteiger charge is -2.04. The topological polar surface area (TPSA) is 61.7 Å². The number of phenols is 1. The number of aliphatic imine (C=N–C) groups is 1. The summed E-state index contributed by atoms with van der Waals surface area (Å²) in [6.45, 7) is 6.45. The van der Waals surface area contributed by atoms with Gasteiger partial charge in [0.05, 0.1) is 6.54 Å². The third-order valence-electron chi connectivity index (χ3n) is 2.56. The molecule has 19 heavy (non-hydrogen) atoms. The van der Waals surface area contributed by atoms with Crippen molar-refractivity contribution in [1.82, 2.24) is 5.32 Å². The Morgan fingerprint density at radius 1 is 1.42 bits per heavy atom. The van der Waals surface area contributed by atoms with E-state index in [9.17, 15) is 9.90 Å². The van der Waals surface area contributed by atoms with E-state index in [2.05, 4.69) is 10.3 Å². The van der Waals surface area contributed by atoms with Gasteiger partial charge in [0.1, 0.15) is 5.75 Å². The number of nitrogens with zero attached hydrogens (tertiary/aromatic N) is 1. The molecule has 0 bridgehead atoms. The number of aromatic hydroxyl groups is 1. The number of aryl methyl sites for hydroxylation is 1. The molecule has 2 N–H and O–H groups in total. The maximum Gasteiger partial charge on any atom is 0.154 e. The second-order valence-electron chi connectivity index (χ2n) is 4.41. The molecule has 0 amide bonds. The molecule has 4 nitrogen and oxygen atoms in total. The van der Waals surface area contributed by atoms with Crippen LogP contribution in [0.3, 0.4) is 0 Å².